The molecule has 110 valence electrons. The maximum Gasteiger partial charge on any atom is 0.267 e. The van der Waals surface area contributed by atoms with E-state index in [1.165, 1.54) is 16.7 Å². The highest BCUT2D eigenvalue weighted by Crippen LogP contribution is 2.31. The van der Waals surface area contributed by atoms with Crippen molar-refractivity contribution in [2.24, 2.45) is 5.84 Å². The lowest BCUT2D eigenvalue weighted by Gasteiger charge is -2.30. The predicted octanol–water partition coefficient (Wildman–Crippen LogP) is 0.904. The van der Waals surface area contributed by atoms with E-state index in [-0.39, 0.29) is 10.8 Å². The fourth-order valence-electron chi connectivity index (χ4n) is 2.40. The maximum atomic E-state index is 12.7. The first-order chi connectivity index (χ1) is 10.1. The van der Waals surface area contributed by atoms with Crippen molar-refractivity contribution >= 4 is 21.7 Å². The summed E-state index contributed by atoms with van der Waals surface area (Å²) in [6.07, 6.45) is 4.19. The van der Waals surface area contributed by atoms with Gasteiger partial charge in [0.25, 0.3) is 10.0 Å². The summed E-state index contributed by atoms with van der Waals surface area (Å²) in [7, 11) is -3.66. The lowest BCUT2D eigenvalue weighted by molar-refractivity contribution is 0.585. The van der Waals surface area contributed by atoms with Gasteiger partial charge in [0.1, 0.15) is 4.90 Å². The first-order valence-corrected chi connectivity index (χ1v) is 7.96. The zero-order chi connectivity index (χ0) is 14.9. The van der Waals surface area contributed by atoms with E-state index in [0.29, 0.717) is 6.54 Å². The number of aromatic nitrogens is 2. The fourth-order valence-corrected chi connectivity index (χ4v) is 3.83. The van der Waals surface area contributed by atoms with Crippen LogP contribution in [0.25, 0.3) is 0 Å². The molecule has 3 rings (SSSR count). The van der Waals surface area contributed by atoms with Crippen LogP contribution in [0.2, 0.25) is 0 Å². The molecule has 7 nitrogen and oxygen atoms in total. The van der Waals surface area contributed by atoms with Gasteiger partial charge in [-0.3, -0.25) is 9.73 Å². The molecule has 1 aliphatic heterocycles. The highest BCUT2D eigenvalue weighted by Gasteiger charge is 2.29. The minimum atomic E-state index is -3.66. The average molecular weight is 305 g/mol. The number of fused-ring (bicyclic) bond motifs is 1. The smallest absolute Gasteiger partial charge is 0.267 e. The summed E-state index contributed by atoms with van der Waals surface area (Å²) in [5.41, 5.74) is 4.03. The van der Waals surface area contributed by atoms with E-state index in [9.17, 15) is 8.42 Å². The molecule has 1 aromatic heterocycles. The van der Waals surface area contributed by atoms with E-state index in [1.807, 2.05) is 24.3 Å². The Kier molecular flexibility index (Phi) is 3.48. The van der Waals surface area contributed by atoms with Gasteiger partial charge >= 0.3 is 0 Å². The number of nitrogens with two attached hydrogens (primary N) is 1. The molecule has 0 aliphatic carbocycles. The Balaban J connectivity index is 2.02. The summed E-state index contributed by atoms with van der Waals surface area (Å²) < 4.78 is 26.9. The van der Waals surface area contributed by atoms with Crippen molar-refractivity contribution in [2.75, 3.05) is 16.3 Å². The minimum Gasteiger partial charge on any atom is -0.292 e. The van der Waals surface area contributed by atoms with Crippen LogP contribution in [0.3, 0.4) is 0 Å². The summed E-state index contributed by atoms with van der Waals surface area (Å²) in [4.78, 5) is 7.78. The largest absolute Gasteiger partial charge is 0.292 e. The molecule has 2 aromatic rings. The molecular formula is C13H15N5O2S. The van der Waals surface area contributed by atoms with Crippen molar-refractivity contribution in [3.05, 3.63) is 42.2 Å². The number of hydrogen-bond acceptors (Lipinski definition) is 6. The molecule has 1 aliphatic rings. The Bertz CT molecular complexity index is 745. The first kappa shape index (κ1) is 13.8. The van der Waals surface area contributed by atoms with Crippen LogP contribution in [0.4, 0.5) is 11.6 Å². The number of benzene rings is 1. The van der Waals surface area contributed by atoms with Gasteiger partial charge in [-0.15, -0.1) is 0 Å². The van der Waals surface area contributed by atoms with E-state index >= 15 is 0 Å². The van der Waals surface area contributed by atoms with Crippen LogP contribution in [-0.4, -0.2) is 24.9 Å². The number of para-hydroxylation sites is 1. The zero-order valence-electron chi connectivity index (χ0n) is 11.2. The molecular weight excluding hydrogens is 290 g/mol. The molecule has 8 heteroatoms. The van der Waals surface area contributed by atoms with Gasteiger partial charge in [0.05, 0.1) is 18.1 Å². The molecule has 21 heavy (non-hydrogen) atoms. The normalized spacial score (nSPS) is 14.6. The minimum absolute atomic E-state index is 0.0539. The molecule has 3 N–H and O–H groups in total. The Hall–Kier alpha value is -2.19. The van der Waals surface area contributed by atoms with E-state index in [2.05, 4.69) is 15.4 Å². The SMILES string of the molecule is NNc1ncc(S(=O)(=O)N2CCCc3ccccc32)cn1. The number of nitrogens with zero attached hydrogens (tertiary/aromatic N) is 3. The molecule has 0 saturated carbocycles. The topological polar surface area (TPSA) is 101 Å². The van der Waals surface area contributed by atoms with Gasteiger partial charge in [0.2, 0.25) is 5.95 Å². The highest BCUT2D eigenvalue weighted by molar-refractivity contribution is 7.92. The van der Waals surface area contributed by atoms with Crippen LogP contribution in [0, 0.1) is 0 Å². The molecule has 0 fully saturated rings. The van der Waals surface area contributed by atoms with Crippen LogP contribution in [0.15, 0.2) is 41.6 Å². The third-order valence-electron chi connectivity index (χ3n) is 3.41. The van der Waals surface area contributed by atoms with Crippen LogP contribution in [0.1, 0.15) is 12.0 Å². The zero-order valence-corrected chi connectivity index (χ0v) is 12.0. The van der Waals surface area contributed by atoms with Crippen molar-refractivity contribution in [3.8, 4) is 0 Å². The number of nitrogen functional groups attached to an aromatic ring is 1. The lowest BCUT2D eigenvalue weighted by atomic mass is 10.0. The van der Waals surface area contributed by atoms with Crippen molar-refractivity contribution in [1.29, 1.82) is 0 Å². The maximum absolute atomic E-state index is 12.7. The Morgan fingerprint density at radius 2 is 1.90 bits per heavy atom. The lowest BCUT2D eigenvalue weighted by Crippen LogP contribution is -2.35. The fraction of sp³-hybridized carbons (Fsp3) is 0.231. The second kappa shape index (κ2) is 5.30. The van der Waals surface area contributed by atoms with Gasteiger partial charge in [-0.05, 0) is 24.5 Å². The van der Waals surface area contributed by atoms with Gasteiger partial charge in [-0.2, -0.15) is 0 Å². The molecule has 0 spiro atoms. The molecule has 0 bridgehead atoms. The number of aryl methyl sites for hydroxylation is 1. The Morgan fingerprint density at radius 3 is 2.62 bits per heavy atom. The number of rotatable bonds is 3. The molecule has 1 aromatic carbocycles. The molecule has 0 amide bonds. The number of nitrogens with one attached hydrogen (secondary N) is 1. The second-order valence-corrected chi connectivity index (χ2v) is 6.56. The van der Waals surface area contributed by atoms with Crippen molar-refractivity contribution < 1.29 is 8.42 Å². The van der Waals surface area contributed by atoms with E-state index < -0.39 is 10.0 Å². The van der Waals surface area contributed by atoms with Crippen LogP contribution in [0.5, 0.6) is 0 Å². The van der Waals surface area contributed by atoms with Gasteiger partial charge in [-0.1, -0.05) is 18.2 Å². The van der Waals surface area contributed by atoms with Crippen molar-refractivity contribution in [2.45, 2.75) is 17.7 Å². The summed E-state index contributed by atoms with van der Waals surface area (Å²) in [6, 6.07) is 7.53. The molecule has 0 unspecified atom stereocenters. The number of hydrazine groups is 1. The van der Waals surface area contributed by atoms with Crippen LogP contribution >= 0.6 is 0 Å². The van der Waals surface area contributed by atoms with Gasteiger partial charge in [0.15, 0.2) is 0 Å². The predicted molar refractivity (Wildman–Crippen MR) is 79.1 cm³/mol. The van der Waals surface area contributed by atoms with E-state index in [0.717, 1.165) is 24.1 Å². The number of anilines is 2. The standard InChI is InChI=1S/C13H15N5O2S/c14-17-13-15-8-11(9-16-13)21(19,20)18-7-3-5-10-4-1-2-6-12(10)18/h1-2,4,6,8-9H,3,5,7,14H2,(H,15,16,17). The Labute approximate surface area is 122 Å². The van der Waals surface area contributed by atoms with Gasteiger partial charge in [0, 0.05) is 6.54 Å². The molecule has 2 heterocycles. The highest BCUT2D eigenvalue weighted by atomic mass is 32.2. The van der Waals surface area contributed by atoms with Crippen molar-refractivity contribution in [3.63, 3.8) is 0 Å². The number of sulfonamides is 1. The first-order valence-electron chi connectivity index (χ1n) is 6.52. The molecule has 0 atom stereocenters. The van der Waals surface area contributed by atoms with Crippen LogP contribution in [-0.2, 0) is 16.4 Å². The summed E-state index contributed by atoms with van der Waals surface area (Å²) in [5.74, 6) is 5.35. The van der Waals surface area contributed by atoms with Gasteiger partial charge < -0.3 is 0 Å². The summed E-state index contributed by atoms with van der Waals surface area (Å²) in [5, 5.41) is 0. The Morgan fingerprint density at radius 1 is 1.19 bits per heavy atom. The summed E-state index contributed by atoms with van der Waals surface area (Å²) in [6.45, 7) is 0.455. The van der Waals surface area contributed by atoms with Crippen LogP contribution < -0.4 is 15.6 Å². The summed E-state index contributed by atoms with van der Waals surface area (Å²) >= 11 is 0. The molecule has 0 radical (unpaired) electrons. The number of hydrogen-bond donors (Lipinski definition) is 2. The second-order valence-electron chi connectivity index (χ2n) is 4.70. The monoisotopic (exact) mass is 305 g/mol. The average Bonchev–Trinajstić information content (AvgIpc) is 2.54. The van der Waals surface area contributed by atoms with Gasteiger partial charge in [-0.25, -0.2) is 24.2 Å². The van der Waals surface area contributed by atoms with E-state index in [4.69, 9.17) is 5.84 Å². The van der Waals surface area contributed by atoms with Crippen molar-refractivity contribution in [1.82, 2.24) is 9.97 Å². The quantitative estimate of drug-likeness (QED) is 0.645. The third-order valence-corrected chi connectivity index (χ3v) is 5.18. The molecule has 0 saturated heterocycles. The van der Waals surface area contributed by atoms with E-state index in [1.54, 1.807) is 0 Å². The third kappa shape index (κ3) is 2.43.